The monoisotopic (exact) mass is 350 g/mol. The van der Waals surface area contributed by atoms with Crippen LogP contribution in [0.2, 0.25) is 0 Å². The minimum absolute atomic E-state index is 0.318. The molecule has 7 nitrogen and oxygen atoms in total. The number of hydrazone groups is 1. The first-order valence-electron chi connectivity index (χ1n) is 7.87. The van der Waals surface area contributed by atoms with Crippen molar-refractivity contribution in [3.05, 3.63) is 65.9 Å². The van der Waals surface area contributed by atoms with Crippen molar-refractivity contribution in [3.63, 3.8) is 0 Å². The van der Waals surface area contributed by atoms with Gasteiger partial charge in [-0.05, 0) is 24.3 Å². The molecule has 3 rings (SSSR count). The van der Waals surface area contributed by atoms with Crippen molar-refractivity contribution in [2.24, 2.45) is 5.10 Å². The fourth-order valence-corrected chi connectivity index (χ4v) is 2.36. The van der Waals surface area contributed by atoms with E-state index < -0.39 is 5.91 Å². The topological polar surface area (TPSA) is 88.6 Å². The molecule has 7 heteroatoms. The molecule has 1 heterocycles. The van der Waals surface area contributed by atoms with Crippen molar-refractivity contribution in [3.8, 4) is 22.8 Å². The van der Waals surface area contributed by atoms with Gasteiger partial charge < -0.3 is 9.47 Å². The molecule has 2 aromatic carbocycles. The van der Waals surface area contributed by atoms with E-state index in [1.54, 1.807) is 38.5 Å². The zero-order valence-electron chi connectivity index (χ0n) is 14.4. The number of hydrogen-bond donors (Lipinski definition) is 2. The number of nitrogens with one attached hydrogen (secondary N) is 2. The lowest BCUT2D eigenvalue weighted by molar-refractivity contribution is 0.0950. The number of carbonyl (C=O) groups excluding carboxylic acids is 1. The molecule has 1 aromatic heterocycles. The third-order valence-corrected chi connectivity index (χ3v) is 3.70. The molecule has 0 aliphatic rings. The van der Waals surface area contributed by atoms with Crippen LogP contribution in [0.15, 0.2) is 59.7 Å². The first kappa shape index (κ1) is 17.2. The molecule has 0 bridgehead atoms. The maximum Gasteiger partial charge on any atom is 0.289 e. The number of methoxy groups -OCH3 is 2. The van der Waals surface area contributed by atoms with Crippen molar-refractivity contribution < 1.29 is 14.3 Å². The minimum atomic E-state index is -0.391. The number of aromatic amines is 1. The highest BCUT2D eigenvalue weighted by Gasteiger charge is 2.10. The quantitative estimate of drug-likeness (QED) is 0.528. The molecule has 2 N–H and O–H groups in total. The summed E-state index contributed by atoms with van der Waals surface area (Å²) < 4.78 is 10.4. The van der Waals surface area contributed by atoms with Crippen LogP contribution in [0.25, 0.3) is 11.3 Å². The number of ether oxygens (including phenoxy) is 2. The lowest BCUT2D eigenvalue weighted by Crippen LogP contribution is -2.18. The van der Waals surface area contributed by atoms with Gasteiger partial charge in [0.15, 0.2) is 0 Å². The predicted molar refractivity (Wildman–Crippen MR) is 98.6 cm³/mol. The second kappa shape index (κ2) is 7.98. The Morgan fingerprint density at radius 3 is 2.65 bits per heavy atom. The molecule has 0 unspecified atom stereocenters. The van der Waals surface area contributed by atoms with Crippen LogP contribution >= 0.6 is 0 Å². The van der Waals surface area contributed by atoms with Crippen molar-refractivity contribution in [1.82, 2.24) is 15.6 Å². The lowest BCUT2D eigenvalue weighted by Gasteiger charge is -2.06. The van der Waals surface area contributed by atoms with Crippen LogP contribution in [0.1, 0.15) is 16.1 Å². The number of hydrogen-bond acceptors (Lipinski definition) is 5. The molecule has 0 aliphatic carbocycles. The molecule has 26 heavy (non-hydrogen) atoms. The second-order valence-electron chi connectivity index (χ2n) is 5.34. The van der Waals surface area contributed by atoms with Crippen LogP contribution in [0, 0.1) is 0 Å². The van der Waals surface area contributed by atoms with Crippen molar-refractivity contribution >= 4 is 12.1 Å². The summed E-state index contributed by atoms with van der Waals surface area (Å²) in [7, 11) is 3.14. The summed E-state index contributed by atoms with van der Waals surface area (Å²) in [6, 6.07) is 16.6. The van der Waals surface area contributed by atoms with E-state index in [9.17, 15) is 4.79 Å². The Balaban J connectivity index is 1.70. The van der Waals surface area contributed by atoms with Gasteiger partial charge in [0.1, 0.15) is 17.2 Å². The summed E-state index contributed by atoms with van der Waals surface area (Å²) in [4.78, 5) is 12.2. The fourth-order valence-electron chi connectivity index (χ4n) is 2.36. The number of benzene rings is 2. The zero-order valence-corrected chi connectivity index (χ0v) is 14.4. The highest BCUT2D eigenvalue weighted by atomic mass is 16.5. The Hall–Kier alpha value is -3.61. The van der Waals surface area contributed by atoms with Gasteiger partial charge >= 0.3 is 0 Å². The molecule has 3 aromatic rings. The van der Waals surface area contributed by atoms with E-state index in [-0.39, 0.29) is 0 Å². The van der Waals surface area contributed by atoms with E-state index >= 15 is 0 Å². The van der Waals surface area contributed by atoms with E-state index in [2.05, 4.69) is 20.7 Å². The smallest absolute Gasteiger partial charge is 0.289 e. The fraction of sp³-hybridized carbons (Fsp3) is 0.105. The standard InChI is InChI=1S/C19H18N4O3/c1-25-15-8-9-18(26-2)14(10-15)12-20-23-19(24)17-11-16(21-22-17)13-6-4-3-5-7-13/h3-12H,1-2H3,(H,21,22)(H,23,24)/b20-12+. The van der Waals surface area contributed by atoms with Crippen molar-refractivity contribution in [1.29, 1.82) is 0 Å². The van der Waals surface area contributed by atoms with Gasteiger partial charge in [0.25, 0.3) is 5.91 Å². The lowest BCUT2D eigenvalue weighted by atomic mass is 10.1. The molecule has 0 saturated heterocycles. The Morgan fingerprint density at radius 1 is 1.12 bits per heavy atom. The van der Waals surface area contributed by atoms with Crippen molar-refractivity contribution in [2.45, 2.75) is 0 Å². The molecule has 0 saturated carbocycles. The van der Waals surface area contributed by atoms with Gasteiger partial charge in [-0.25, -0.2) is 5.43 Å². The van der Waals surface area contributed by atoms with E-state index in [0.29, 0.717) is 28.5 Å². The van der Waals surface area contributed by atoms with Gasteiger partial charge in [0.05, 0.1) is 26.1 Å². The molecular formula is C19H18N4O3. The molecule has 132 valence electrons. The SMILES string of the molecule is COc1ccc(OC)c(/C=N/NC(=O)c2cc(-c3ccccc3)n[nH]2)c1. The van der Waals surface area contributed by atoms with E-state index in [4.69, 9.17) is 9.47 Å². The number of amides is 1. The molecule has 0 atom stereocenters. The Morgan fingerprint density at radius 2 is 1.92 bits per heavy atom. The van der Waals surface area contributed by atoms with Crippen LogP contribution in [0.5, 0.6) is 11.5 Å². The first-order valence-corrected chi connectivity index (χ1v) is 7.87. The van der Waals surface area contributed by atoms with Gasteiger partial charge in [-0.2, -0.15) is 10.2 Å². The maximum atomic E-state index is 12.2. The maximum absolute atomic E-state index is 12.2. The van der Waals surface area contributed by atoms with E-state index in [1.165, 1.54) is 6.21 Å². The number of carbonyl (C=O) groups is 1. The molecule has 0 radical (unpaired) electrons. The highest BCUT2D eigenvalue weighted by Crippen LogP contribution is 2.22. The van der Waals surface area contributed by atoms with Gasteiger partial charge in [0.2, 0.25) is 0 Å². The summed E-state index contributed by atoms with van der Waals surface area (Å²) in [5, 5.41) is 10.8. The molecule has 0 aliphatic heterocycles. The van der Waals surface area contributed by atoms with Crippen LogP contribution in [0.4, 0.5) is 0 Å². The zero-order chi connectivity index (χ0) is 18.4. The number of H-pyrrole nitrogens is 1. The number of rotatable bonds is 6. The van der Waals surface area contributed by atoms with Gasteiger partial charge in [0, 0.05) is 11.1 Å². The number of aromatic nitrogens is 2. The second-order valence-corrected chi connectivity index (χ2v) is 5.34. The Labute approximate surface area is 150 Å². The summed E-state index contributed by atoms with van der Waals surface area (Å²) in [5.41, 5.74) is 5.08. The van der Waals surface area contributed by atoms with Crippen LogP contribution < -0.4 is 14.9 Å². The number of nitrogens with zero attached hydrogens (tertiary/aromatic N) is 2. The average Bonchev–Trinajstić information content (AvgIpc) is 3.19. The largest absolute Gasteiger partial charge is 0.497 e. The normalized spacial score (nSPS) is 10.7. The minimum Gasteiger partial charge on any atom is -0.497 e. The average molecular weight is 350 g/mol. The summed E-state index contributed by atoms with van der Waals surface area (Å²) in [6.45, 7) is 0. The Bertz CT molecular complexity index is 920. The molecule has 0 fully saturated rings. The van der Waals surface area contributed by atoms with Crippen LogP contribution in [-0.4, -0.2) is 36.5 Å². The van der Waals surface area contributed by atoms with Gasteiger partial charge in [-0.3, -0.25) is 9.89 Å². The van der Waals surface area contributed by atoms with Gasteiger partial charge in [-0.1, -0.05) is 30.3 Å². The van der Waals surface area contributed by atoms with Gasteiger partial charge in [-0.15, -0.1) is 0 Å². The molecule has 1 amide bonds. The summed E-state index contributed by atoms with van der Waals surface area (Å²) in [5.74, 6) is 0.897. The third kappa shape index (κ3) is 3.89. The summed E-state index contributed by atoms with van der Waals surface area (Å²) in [6.07, 6.45) is 1.49. The molecule has 0 spiro atoms. The first-order chi connectivity index (χ1) is 12.7. The van der Waals surface area contributed by atoms with E-state index in [0.717, 1.165) is 5.56 Å². The van der Waals surface area contributed by atoms with Crippen LogP contribution in [-0.2, 0) is 0 Å². The highest BCUT2D eigenvalue weighted by molar-refractivity contribution is 5.94. The summed E-state index contributed by atoms with van der Waals surface area (Å²) >= 11 is 0. The predicted octanol–water partition coefficient (Wildman–Crippen LogP) is 2.86. The third-order valence-electron chi connectivity index (χ3n) is 3.70. The van der Waals surface area contributed by atoms with Crippen LogP contribution in [0.3, 0.4) is 0 Å². The Kier molecular flexibility index (Phi) is 5.28. The van der Waals surface area contributed by atoms with E-state index in [1.807, 2.05) is 30.3 Å². The van der Waals surface area contributed by atoms with Crippen molar-refractivity contribution in [2.75, 3.05) is 14.2 Å². The molecular weight excluding hydrogens is 332 g/mol.